The van der Waals surface area contributed by atoms with Crippen LogP contribution in [0, 0.1) is 12.8 Å². The van der Waals surface area contributed by atoms with E-state index >= 15 is 0 Å². The fourth-order valence-corrected chi connectivity index (χ4v) is 4.00. The van der Waals surface area contributed by atoms with Gasteiger partial charge in [0.25, 0.3) is 0 Å². The number of phenols is 3. The van der Waals surface area contributed by atoms with Gasteiger partial charge < -0.3 is 35.4 Å². The van der Waals surface area contributed by atoms with Gasteiger partial charge in [-0.1, -0.05) is 0 Å². The molecule has 0 saturated heterocycles. The van der Waals surface area contributed by atoms with Crippen molar-refractivity contribution in [2.45, 2.75) is 44.7 Å². The number of hydrogen-bond donors (Lipinski definition) is 6. The van der Waals surface area contributed by atoms with Gasteiger partial charge in [-0.15, -0.1) is 0 Å². The van der Waals surface area contributed by atoms with E-state index in [2.05, 4.69) is 0 Å². The second-order valence-electron chi connectivity index (χ2n) is 7.65. The molecule has 1 aliphatic carbocycles. The first-order chi connectivity index (χ1) is 14.0. The van der Waals surface area contributed by atoms with E-state index in [1.165, 1.54) is 33.1 Å². The number of carbonyl (C=O) groups excluding carboxylic acids is 2. The first-order valence-corrected chi connectivity index (χ1v) is 9.36. The van der Waals surface area contributed by atoms with Crippen molar-refractivity contribution in [1.82, 2.24) is 0 Å². The molecule has 0 aliphatic heterocycles. The lowest BCUT2D eigenvalue weighted by molar-refractivity contribution is -0.148. The van der Waals surface area contributed by atoms with E-state index in [4.69, 9.17) is 4.74 Å². The maximum absolute atomic E-state index is 12.9. The molecule has 0 saturated carbocycles. The molecule has 0 heterocycles. The molecule has 162 valence electrons. The number of carbonyl (C=O) groups is 2. The Hall–Kier alpha value is -2.72. The summed E-state index contributed by atoms with van der Waals surface area (Å²) in [5.41, 5.74) is 0.214. The van der Waals surface area contributed by atoms with Crippen molar-refractivity contribution in [2.24, 2.45) is 5.92 Å². The molecule has 2 aromatic rings. The van der Waals surface area contributed by atoms with Crippen LogP contribution in [0.25, 0.3) is 10.8 Å². The fraction of sp³-hybridized carbons (Fsp3) is 0.429. The number of aromatic hydroxyl groups is 3. The molecule has 2 aromatic carbocycles. The second-order valence-corrected chi connectivity index (χ2v) is 7.65. The summed E-state index contributed by atoms with van der Waals surface area (Å²) in [7, 11) is 1.18. The standard InChI is InChI=1S/C21H24O9/c1-7-12(23)6-10-4-9-5-11(21(30-3)20(29)16(25)8(2)22)17(26)19(28)14(9)18(27)13(10)15(7)24/h4,6,8,11,16-17,21-27H,5H2,1-3H3/t8-,11+,16-,17+,21+/m1/s1. The van der Waals surface area contributed by atoms with E-state index in [0.717, 1.165) is 0 Å². The van der Waals surface area contributed by atoms with E-state index in [0.29, 0.717) is 0 Å². The van der Waals surface area contributed by atoms with Crippen LogP contribution < -0.4 is 0 Å². The van der Waals surface area contributed by atoms with Gasteiger partial charge in [-0.05, 0) is 43.4 Å². The van der Waals surface area contributed by atoms with Crippen LogP contribution in [0.3, 0.4) is 0 Å². The van der Waals surface area contributed by atoms with Crippen LogP contribution in [0.4, 0.5) is 0 Å². The molecule has 5 atom stereocenters. The average Bonchev–Trinajstić information content (AvgIpc) is 2.69. The highest BCUT2D eigenvalue weighted by atomic mass is 16.5. The summed E-state index contributed by atoms with van der Waals surface area (Å²) in [5.74, 6) is -3.96. The second kappa shape index (κ2) is 7.84. The highest BCUT2D eigenvalue weighted by Gasteiger charge is 2.45. The number of Topliss-reactive ketones (excluding diaryl/α,β-unsaturated/α-hetero) is 2. The van der Waals surface area contributed by atoms with E-state index in [-0.39, 0.29) is 45.4 Å². The third-order valence-corrected chi connectivity index (χ3v) is 5.73. The lowest BCUT2D eigenvalue weighted by Crippen LogP contribution is -2.50. The zero-order valence-electron chi connectivity index (χ0n) is 16.7. The number of hydrogen-bond acceptors (Lipinski definition) is 9. The first-order valence-electron chi connectivity index (χ1n) is 9.36. The molecule has 0 spiro atoms. The van der Waals surface area contributed by atoms with Crippen molar-refractivity contribution in [1.29, 1.82) is 0 Å². The molecule has 0 unspecified atom stereocenters. The molecule has 0 fully saturated rings. The Morgan fingerprint density at radius 1 is 1.17 bits per heavy atom. The summed E-state index contributed by atoms with van der Waals surface area (Å²) in [6.45, 7) is 2.66. The van der Waals surface area contributed by atoms with Crippen LogP contribution in [0.15, 0.2) is 12.1 Å². The van der Waals surface area contributed by atoms with Gasteiger partial charge in [0, 0.05) is 18.6 Å². The molecule has 0 bridgehead atoms. The molecule has 9 nitrogen and oxygen atoms in total. The molecule has 0 amide bonds. The van der Waals surface area contributed by atoms with Gasteiger partial charge in [-0.25, -0.2) is 0 Å². The van der Waals surface area contributed by atoms with E-state index in [1.807, 2.05) is 0 Å². The van der Waals surface area contributed by atoms with Crippen LogP contribution in [0.5, 0.6) is 17.2 Å². The number of phenolic OH excluding ortho intramolecular Hbond substituents is 3. The summed E-state index contributed by atoms with van der Waals surface area (Å²) >= 11 is 0. The molecule has 9 heteroatoms. The van der Waals surface area contributed by atoms with Crippen LogP contribution in [0.1, 0.15) is 28.4 Å². The fourth-order valence-electron chi connectivity index (χ4n) is 4.00. The summed E-state index contributed by atoms with van der Waals surface area (Å²) in [4.78, 5) is 25.4. The topological polar surface area (TPSA) is 165 Å². The molecular formula is C21H24O9. The number of ketones is 2. The number of aliphatic hydroxyl groups is 3. The van der Waals surface area contributed by atoms with Crippen molar-refractivity contribution >= 4 is 22.3 Å². The minimum Gasteiger partial charge on any atom is -0.508 e. The number of rotatable bonds is 5. The highest BCUT2D eigenvalue weighted by Crippen LogP contribution is 2.45. The lowest BCUT2D eigenvalue weighted by Gasteiger charge is -2.34. The smallest absolute Gasteiger partial charge is 0.195 e. The van der Waals surface area contributed by atoms with Crippen molar-refractivity contribution < 1.29 is 45.0 Å². The lowest BCUT2D eigenvalue weighted by atomic mass is 9.75. The Labute approximate surface area is 171 Å². The summed E-state index contributed by atoms with van der Waals surface area (Å²) in [6.07, 6.45) is -6.32. The first kappa shape index (κ1) is 22.0. The Kier molecular flexibility index (Phi) is 5.74. The van der Waals surface area contributed by atoms with Crippen molar-refractivity contribution in [3.05, 3.63) is 28.8 Å². The van der Waals surface area contributed by atoms with Gasteiger partial charge in [0.05, 0.1) is 17.1 Å². The zero-order valence-corrected chi connectivity index (χ0v) is 16.7. The number of aliphatic hydroxyl groups excluding tert-OH is 3. The normalized spacial score (nSPS) is 21.9. The number of benzene rings is 2. The van der Waals surface area contributed by atoms with E-state index in [9.17, 15) is 40.2 Å². The Morgan fingerprint density at radius 3 is 2.37 bits per heavy atom. The van der Waals surface area contributed by atoms with Crippen LogP contribution in [-0.2, 0) is 16.0 Å². The Bertz CT molecular complexity index is 1030. The van der Waals surface area contributed by atoms with Gasteiger partial charge in [0.2, 0.25) is 0 Å². The largest absolute Gasteiger partial charge is 0.508 e. The molecule has 30 heavy (non-hydrogen) atoms. The summed E-state index contributed by atoms with van der Waals surface area (Å²) in [6, 6.07) is 2.80. The monoisotopic (exact) mass is 420 g/mol. The Morgan fingerprint density at radius 2 is 1.80 bits per heavy atom. The quantitative estimate of drug-likeness (QED) is 0.399. The molecule has 1 aliphatic rings. The molecule has 0 radical (unpaired) electrons. The molecule has 3 rings (SSSR count). The van der Waals surface area contributed by atoms with Gasteiger partial charge in [0.1, 0.15) is 35.6 Å². The third kappa shape index (κ3) is 3.29. The van der Waals surface area contributed by atoms with Crippen LogP contribution in [0.2, 0.25) is 0 Å². The van der Waals surface area contributed by atoms with E-state index in [1.54, 1.807) is 0 Å². The van der Waals surface area contributed by atoms with Crippen molar-refractivity contribution in [3.63, 3.8) is 0 Å². The zero-order chi connectivity index (χ0) is 22.5. The highest BCUT2D eigenvalue weighted by molar-refractivity contribution is 6.11. The van der Waals surface area contributed by atoms with Gasteiger partial charge in [-0.2, -0.15) is 0 Å². The number of methoxy groups -OCH3 is 1. The van der Waals surface area contributed by atoms with Gasteiger partial charge in [0.15, 0.2) is 11.6 Å². The average molecular weight is 420 g/mol. The van der Waals surface area contributed by atoms with Gasteiger partial charge in [-0.3, -0.25) is 9.59 Å². The Balaban J connectivity index is 2.14. The van der Waals surface area contributed by atoms with E-state index < -0.39 is 47.6 Å². The minimum atomic E-state index is -1.76. The maximum atomic E-state index is 12.9. The van der Waals surface area contributed by atoms with Crippen LogP contribution in [-0.4, -0.2) is 73.7 Å². The van der Waals surface area contributed by atoms with Crippen molar-refractivity contribution in [3.8, 4) is 17.2 Å². The molecule has 0 aromatic heterocycles. The minimum absolute atomic E-state index is 0.0352. The van der Waals surface area contributed by atoms with Crippen LogP contribution >= 0.6 is 0 Å². The summed E-state index contributed by atoms with van der Waals surface area (Å²) in [5, 5.41) is 61.2. The predicted molar refractivity (Wildman–Crippen MR) is 105 cm³/mol. The molecule has 6 N–H and O–H groups in total. The predicted octanol–water partition coefficient (Wildman–Crippen LogP) is 0.307. The summed E-state index contributed by atoms with van der Waals surface area (Å²) < 4.78 is 5.15. The number of ether oxygens (including phenoxy) is 1. The third-order valence-electron chi connectivity index (χ3n) is 5.73. The maximum Gasteiger partial charge on any atom is 0.195 e. The SMILES string of the molecule is CO[C@H](C(=O)[C@H](O)[C@@H](C)O)[C@H]1Cc2cc3cc(O)c(C)c(O)c3c(O)c2C(=O)[C@H]1O. The van der Waals surface area contributed by atoms with Crippen molar-refractivity contribution in [2.75, 3.05) is 7.11 Å². The number of fused-ring (bicyclic) bond motifs is 2. The van der Waals surface area contributed by atoms with Gasteiger partial charge >= 0.3 is 0 Å². The molecular weight excluding hydrogens is 396 g/mol.